The van der Waals surface area contributed by atoms with Gasteiger partial charge in [0.15, 0.2) is 0 Å². The molecular weight excluding hydrogens is 198 g/mol. The molecule has 0 aliphatic heterocycles. The van der Waals surface area contributed by atoms with Crippen LogP contribution in [-0.2, 0) is 0 Å². The van der Waals surface area contributed by atoms with Crippen LogP contribution in [0, 0.1) is 6.92 Å². The molecule has 0 aliphatic rings. The largest absolute Gasteiger partial charge is 0.306 e. The quantitative estimate of drug-likeness (QED) is 0.791. The number of aromatic nitrogens is 2. The van der Waals surface area contributed by atoms with Crippen LogP contribution < -0.4 is 5.32 Å². The van der Waals surface area contributed by atoms with Crippen LogP contribution in [0.2, 0.25) is 0 Å². The first-order valence-electron chi connectivity index (χ1n) is 4.12. The average molecular weight is 207 g/mol. The minimum Gasteiger partial charge on any atom is -0.306 e. The minimum absolute atomic E-state index is 0.0956. The van der Waals surface area contributed by atoms with Gasteiger partial charge in [0.1, 0.15) is 5.82 Å². The predicted octanol–water partition coefficient (Wildman–Crippen LogP) is 2.03. The number of aromatic amines is 1. The van der Waals surface area contributed by atoms with E-state index >= 15 is 0 Å². The highest BCUT2D eigenvalue weighted by atomic mass is 32.1. The van der Waals surface area contributed by atoms with Crippen molar-refractivity contribution in [3.05, 3.63) is 34.2 Å². The molecule has 0 aromatic carbocycles. The van der Waals surface area contributed by atoms with Crippen LogP contribution in [0.15, 0.2) is 23.7 Å². The van der Waals surface area contributed by atoms with Crippen LogP contribution in [0.1, 0.15) is 15.2 Å². The van der Waals surface area contributed by atoms with Crippen molar-refractivity contribution in [2.75, 3.05) is 5.32 Å². The van der Waals surface area contributed by atoms with Crippen molar-refractivity contribution in [2.45, 2.75) is 6.92 Å². The number of amides is 1. The van der Waals surface area contributed by atoms with Crippen molar-refractivity contribution in [3.8, 4) is 0 Å². The normalized spacial score (nSPS) is 10.1. The van der Waals surface area contributed by atoms with Gasteiger partial charge in [-0.05, 0) is 23.9 Å². The Balaban J connectivity index is 2.14. The number of hydrogen-bond donors (Lipinski definition) is 2. The molecule has 5 heteroatoms. The number of anilines is 1. The van der Waals surface area contributed by atoms with Gasteiger partial charge in [0, 0.05) is 6.07 Å². The molecule has 0 aliphatic carbocycles. The molecule has 0 fully saturated rings. The van der Waals surface area contributed by atoms with E-state index in [9.17, 15) is 4.79 Å². The lowest BCUT2D eigenvalue weighted by Crippen LogP contribution is -2.11. The van der Waals surface area contributed by atoms with Crippen LogP contribution in [0.5, 0.6) is 0 Å². The Hall–Kier alpha value is -1.62. The van der Waals surface area contributed by atoms with Gasteiger partial charge in [-0.2, -0.15) is 5.10 Å². The van der Waals surface area contributed by atoms with Crippen molar-refractivity contribution in [1.82, 2.24) is 10.2 Å². The molecule has 0 atom stereocenters. The van der Waals surface area contributed by atoms with Gasteiger partial charge in [0.25, 0.3) is 5.91 Å². The molecule has 2 aromatic heterocycles. The van der Waals surface area contributed by atoms with Crippen LogP contribution in [-0.4, -0.2) is 16.1 Å². The van der Waals surface area contributed by atoms with E-state index in [2.05, 4.69) is 15.5 Å². The minimum atomic E-state index is -0.0956. The zero-order chi connectivity index (χ0) is 9.97. The molecule has 2 aromatic rings. The SMILES string of the molecule is Cc1ccsc1C(=O)Nc1ccn[nH]1. The van der Waals surface area contributed by atoms with Crippen LogP contribution in [0.3, 0.4) is 0 Å². The molecule has 14 heavy (non-hydrogen) atoms. The molecular formula is C9H9N3OS. The summed E-state index contributed by atoms with van der Waals surface area (Å²) in [4.78, 5) is 12.4. The molecule has 2 rings (SSSR count). The second-order valence-corrected chi connectivity index (χ2v) is 3.77. The van der Waals surface area contributed by atoms with Gasteiger partial charge in [-0.15, -0.1) is 11.3 Å². The highest BCUT2D eigenvalue weighted by Crippen LogP contribution is 2.16. The van der Waals surface area contributed by atoms with Crippen LogP contribution >= 0.6 is 11.3 Å². The molecule has 0 bridgehead atoms. The Morgan fingerprint density at radius 2 is 2.43 bits per heavy atom. The number of aryl methyl sites for hydroxylation is 1. The molecule has 0 radical (unpaired) electrons. The maximum absolute atomic E-state index is 11.6. The van der Waals surface area contributed by atoms with Gasteiger partial charge in [-0.3, -0.25) is 9.89 Å². The molecule has 0 saturated carbocycles. The number of thiophene rings is 1. The summed E-state index contributed by atoms with van der Waals surface area (Å²) in [6.45, 7) is 1.92. The first-order chi connectivity index (χ1) is 6.77. The van der Waals surface area contributed by atoms with Gasteiger partial charge >= 0.3 is 0 Å². The summed E-state index contributed by atoms with van der Waals surface area (Å²) in [5, 5.41) is 11.0. The first kappa shape index (κ1) is 8.96. The molecule has 2 heterocycles. The van der Waals surface area contributed by atoms with E-state index in [4.69, 9.17) is 0 Å². The Morgan fingerprint density at radius 3 is 3.00 bits per heavy atom. The fourth-order valence-corrected chi connectivity index (χ4v) is 1.93. The standard InChI is InChI=1S/C9H9N3OS/c1-6-3-5-14-8(6)9(13)11-7-2-4-10-12-7/h2-5H,1H3,(H2,10,11,12,13). The first-order valence-corrected chi connectivity index (χ1v) is 5.00. The monoisotopic (exact) mass is 207 g/mol. The number of carbonyl (C=O) groups is 1. The Kier molecular flexibility index (Phi) is 2.32. The number of nitrogens with one attached hydrogen (secondary N) is 2. The van der Waals surface area contributed by atoms with Crippen molar-refractivity contribution >= 4 is 23.1 Å². The van der Waals surface area contributed by atoms with E-state index < -0.39 is 0 Å². The van der Waals surface area contributed by atoms with Crippen molar-refractivity contribution in [3.63, 3.8) is 0 Å². The average Bonchev–Trinajstić information content (AvgIpc) is 2.75. The second-order valence-electron chi connectivity index (χ2n) is 2.86. The molecule has 0 spiro atoms. The van der Waals surface area contributed by atoms with Gasteiger partial charge < -0.3 is 5.32 Å². The number of hydrogen-bond acceptors (Lipinski definition) is 3. The van der Waals surface area contributed by atoms with Crippen LogP contribution in [0.4, 0.5) is 5.82 Å². The summed E-state index contributed by atoms with van der Waals surface area (Å²) in [5.41, 5.74) is 0.993. The van der Waals surface area contributed by atoms with E-state index in [-0.39, 0.29) is 5.91 Å². The van der Waals surface area contributed by atoms with Gasteiger partial charge in [0.2, 0.25) is 0 Å². The smallest absolute Gasteiger partial charge is 0.267 e. The number of H-pyrrole nitrogens is 1. The zero-order valence-electron chi connectivity index (χ0n) is 7.57. The number of rotatable bonds is 2. The van der Waals surface area contributed by atoms with Gasteiger partial charge in [0.05, 0.1) is 11.1 Å². The van der Waals surface area contributed by atoms with E-state index in [0.717, 1.165) is 10.4 Å². The van der Waals surface area contributed by atoms with E-state index in [0.29, 0.717) is 5.82 Å². The van der Waals surface area contributed by atoms with Crippen molar-refractivity contribution in [1.29, 1.82) is 0 Å². The lowest BCUT2D eigenvalue weighted by Gasteiger charge is -2.00. The summed E-state index contributed by atoms with van der Waals surface area (Å²) in [5.74, 6) is 0.518. The van der Waals surface area contributed by atoms with Gasteiger partial charge in [-0.1, -0.05) is 0 Å². The van der Waals surface area contributed by atoms with Crippen LogP contribution in [0.25, 0.3) is 0 Å². The Labute approximate surface area is 85.0 Å². The lowest BCUT2D eigenvalue weighted by atomic mass is 10.3. The molecule has 0 unspecified atom stereocenters. The highest BCUT2D eigenvalue weighted by molar-refractivity contribution is 7.12. The van der Waals surface area contributed by atoms with E-state index in [1.165, 1.54) is 11.3 Å². The summed E-state index contributed by atoms with van der Waals surface area (Å²) < 4.78 is 0. The predicted molar refractivity (Wildman–Crippen MR) is 55.6 cm³/mol. The van der Waals surface area contributed by atoms with Crippen molar-refractivity contribution < 1.29 is 4.79 Å². The third-order valence-electron chi connectivity index (χ3n) is 1.82. The highest BCUT2D eigenvalue weighted by Gasteiger charge is 2.10. The van der Waals surface area contributed by atoms with E-state index in [1.807, 2.05) is 18.4 Å². The zero-order valence-corrected chi connectivity index (χ0v) is 8.39. The maximum atomic E-state index is 11.6. The van der Waals surface area contributed by atoms with Gasteiger partial charge in [-0.25, -0.2) is 0 Å². The summed E-state index contributed by atoms with van der Waals surface area (Å²) in [7, 11) is 0. The molecule has 4 nitrogen and oxygen atoms in total. The maximum Gasteiger partial charge on any atom is 0.267 e. The Bertz CT molecular complexity index is 433. The third-order valence-corrected chi connectivity index (χ3v) is 2.83. The molecule has 2 N–H and O–H groups in total. The Morgan fingerprint density at radius 1 is 1.57 bits per heavy atom. The third kappa shape index (κ3) is 1.67. The number of carbonyl (C=O) groups excluding carboxylic acids is 1. The second kappa shape index (κ2) is 3.63. The van der Waals surface area contributed by atoms with E-state index in [1.54, 1.807) is 12.3 Å². The topological polar surface area (TPSA) is 57.8 Å². The molecule has 1 amide bonds. The molecule has 72 valence electrons. The van der Waals surface area contributed by atoms with Crippen molar-refractivity contribution in [2.24, 2.45) is 0 Å². The lowest BCUT2D eigenvalue weighted by molar-refractivity contribution is 0.102. The summed E-state index contributed by atoms with van der Waals surface area (Å²) in [6.07, 6.45) is 1.59. The molecule has 0 saturated heterocycles. The fraction of sp³-hybridized carbons (Fsp3) is 0.111. The number of nitrogens with zero attached hydrogens (tertiary/aromatic N) is 1. The summed E-state index contributed by atoms with van der Waals surface area (Å²) in [6, 6.07) is 3.63. The fourth-order valence-electron chi connectivity index (χ4n) is 1.11. The summed E-state index contributed by atoms with van der Waals surface area (Å²) >= 11 is 1.43.